The third-order valence-electron chi connectivity index (χ3n) is 2.58. The van der Waals surface area contributed by atoms with Crippen LogP contribution in [0.2, 0.25) is 0 Å². The summed E-state index contributed by atoms with van der Waals surface area (Å²) in [4.78, 5) is 0. The molecule has 0 fully saturated rings. The topological polar surface area (TPSA) is 23.8 Å². The Bertz CT molecular complexity index is 688. The molecule has 1 heterocycles. The van der Waals surface area contributed by atoms with Crippen LogP contribution in [0.3, 0.4) is 0 Å². The molecule has 0 aliphatic heterocycles. The molecule has 0 bridgehead atoms. The van der Waals surface area contributed by atoms with Gasteiger partial charge >= 0.3 is 0 Å². The van der Waals surface area contributed by atoms with Gasteiger partial charge in [0.2, 0.25) is 0 Å². The minimum atomic E-state index is 0.768. The molecule has 0 aliphatic carbocycles. The number of hydrogen-bond acceptors (Lipinski definition) is 2. The summed E-state index contributed by atoms with van der Waals surface area (Å²) in [6.45, 7) is 0. The van der Waals surface area contributed by atoms with Crippen molar-refractivity contribution in [3.8, 4) is 6.07 Å². The van der Waals surface area contributed by atoms with Gasteiger partial charge in [-0.05, 0) is 28.3 Å². The summed E-state index contributed by atoms with van der Waals surface area (Å²) in [5, 5.41) is 14.6. The first-order valence-electron chi connectivity index (χ1n) is 4.69. The molecule has 1 nitrogen and oxygen atoms in total. The van der Waals surface area contributed by atoms with Gasteiger partial charge in [0.15, 0.2) is 0 Å². The van der Waals surface area contributed by atoms with Crippen molar-refractivity contribution in [1.29, 1.82) is 5.26 Å². The minimum Gasteiger partial charge on any atom is -0.192 e. The fourth-order valence-electron chi connectivity index (χ4n) is 1.89. The Labute approximate surface area is 91.2 Å². The van der Waals surface area contributed by atoms with Gasteiger partial charge in [-0.2, -0.15) is 5.26 Å². The van der Waals surface area contributed by atoms with Crippen molar-refractivity contribution >= 4 is 32.2 Å². The number of hydrogen-bond donors (Lipinski definition) is 0. The molecule has 3 aromatic rings. The van der Waals surface area contributed by atoms with Gasteiger partial charge in [0, 0.05) is 10.1 Å². The van der Waals surface area contributed by atoms with Crippen molar-refractivity contribution in [2.75, 3.05) is 0 Å². The lowest BCUT2D eigenvalue weighted by atomic mass is 10.0. The molecule has 0 spiro atoms. The fraction of sp³-hybridized carbons (Fsp3) is 0. The van der Waals surface area contributed by atoms with Crippen LogP contribution in [0.1, 0.15) is 5.56 Å². The number of rotatable bonds is 0. The summed E-state index contributed by atoms with van der Waals surface area (Å²) >= 11 is 1.70. The van der Waals surface area contributed by atoms with Gasteiger partial charge in [-0.3, -0.25) is 0 Å². The molecule has 3 rings (SSSR count). The minimum absolute atomic E-state index is 0.768. The van der Waals surface area contributed by atoms with Crippen LogP contribution < -0.4 is 0 Å². The second-order valence-corrected chi connectivity index (χ2v) is 4.34. The lowest BCUT2D eigenvalue weighted by Gasteiger charge is -2.00. The first-order valence-corrected chi connectivity index (χ1v) is 5.57. The van der Waals surface area contributed by atoms with E-state index in [9.17, 15) is 0 Å². The van der Waals surface area contributed by atoms with Crippen LogP contribution in [-0.2, 0) is 0 Å². The standard InChI is InChI=1S/C13H7NS/c14-8-10-7-9-3-1-2-4-11(9)13-12(10)5-6-15-13/h1-7H. The molecular formula is C13H7NS. The van der Waals surface area contributed by atoms with Crippen molar-refractivity contribution in [2.24, 2.45) is 0 Å². The van der Waals surface area contributed by atoms with E-state index >= 15 is 0 Å². The van der Waals surface area contributed by atoms with E-state index in [1.54, 1.807) is 11.3 Å². The predicted octanol–water partition coefficient (Wildman–Crippen LogP) is 3.93. The highest BCUT2D eigenvalue weighted by Gasteiger charge is 2.06. The Morgan fingerprint density at radius 2 is 1.93 bits per heavy atom. The van der Waals surface area contributed by atoms with Crippen LogP contribution in [0, 0.1) is 11.3 Å². The Hall–Kier alpha value is -1.85. The van der Waals surface area contributed by atoms with Crippen molar-refractivity contribution in [3.63, 3.8) is 0 Å². The van der Waals surface area contributed by atoms with Crippen molar-refractivity contribution in [2.45, 2.75) is 0 Å². The van der Waals surface area contributed by atoms with E-state index in [4.69, 9.17) is 5.26 Å². The zero-order valence-corrected chi connectivity index (χ0v) is 8.71. The molecule has 2 heteroatoms. The first-order chi connectivity index (χ1) is 7.40. The maximum atomic E-state index is 9.07. The van der Waals surface area contributed by atoms with Crippen molar-refractivity contribution in [3.05, 3.63) is 47.3 Å². The Balaban J connectivity index is 2.64. The van der Waals surface area contributed by atoms with Gasteiger partial charge in [0.25, 0.3) is 0 Å². The maximum absolute atomic E-state index is 9.07. The van der Waals surface area contributed by atoms with Crippen LogP contribution in [0.15, 0.2) is 41.8 Å². The highest BCUT2D eigenvalue weighted by Crippen LogP contribution is 2.32. The van der Waals surface area contributed by atoms with E-state index in [1.165, 1.54) is 10.1 Å². The smallest absolute Gasteiger partial charge is 0.0998 e. The van der Waals surface area contributed by atoms with Crippen LogP contribution in [0.5, 0.6) is 0 Å². The normalized spacial score (nSPS) is 10.6. The van der Waals surface area contributed by atoms with E-state index in [2.05, 4.69) is 18.2 Å². The summed E-state index contributed by atoms with van der Waals surface area (Å²) in [5.74, 6) is 0. The Morgan fingerprint density at radius 1 is 1.07 bits per heavy atom. The van der Waals surface area contributed by atoms with Gasteiger partial charge in [-0.15, -0.1) is 11.3 Å². The molecule has 0 saturated carbocycles. The van der Waals surface area contributed by atoms with Gasteiger partial charge in [-0.1, -0.05) is 24.3 Å². The number of thiophene rings is 1. The zero-order chi connectivity index (χ0) is 10.3. The van der Waals surface area contributed by atoms with Crippen LogP contribution in [0.25, 0.3) is 20.9 Å². The van der Waals surface area contributed by atoms with E-state index in [1.807, 2.05) is 29.6 Å². The highest BCUT2D eigenvalue weighted by atomic mass is 32.1. The SMILES string of the molecule is N#Cc1cc2ccccc2c2sccc12. The Morgan fingerprint density at radius 3 is 2.80 bits per heavy atom. The highest BCUT2D eigenvalue weighted by molar-refractivity contribution is 7.18. The predicted molar refractivity (Wildman–Crippen MR) is 64.0 cm³/mol. The molecule has 0 atom stereocenters. The molecule has 0 saturated heterocycles. The molecule has 0 N–H and O–H groups in total. The quantitative estimate of drug-likeness (QED) is 0.550. The number of nitrogens with zero attached hydrogens (tertiary/aromatic N) is 1. The molecule has 1 aromatic heterocycles. The van der Waals surface area contributed by atoms with Gasteiger partial charge in [0.1, 0.15) is 0 Å². The lowest BCUT2D eigenvalue weighted by Crippen LogP contribution is -1.78. The van der Waals surface area contributed by atoms with Crippen LogP contribution in [0.4, 0.5) is 0 Å². The van der Waals surface area contributed by atoms with E-state index in [0.29, 0.717) is 0 Å². The lowest BCUT2D eigenvalue weighted by molar-refractivity contribution is 1.51. The summed E-state index contributed by atoms with van der Waals surface area (Å²) in [5.41, 5.74) is 0.768. The van der Waals surface area contributed by atoms with Crippen LogP contribution in [-0.4, -0.2) is 0 Å². The summed E-state index contributed by atoms with van der Waals surface area (Å²) in [6, 6.07) is 14.4. The molecule has 2 aromatic carbocycles. The van der Waals surface area contributed by atoms with Gasteiger partial charge in [-0.25, -0.2) is 0 Å². The molecular weight excluding hydrogens is 202 g/mol. The third kappa shape index (κ3) is 1.14. The Kier molecular flexibility index (Phi) is 1.74. The van der Waals surface area contributed by atoms with Gasteiger partial charge < -0.3 is 0 Å². The van der Waals surface area contributed by atoms with Gasteiger partial charge in [0.05, 0.1) is 11.6 Å². The second kappa shape index (κ2) is 3.08. The molecule has 15 heavy (non-hydrogen) atoms. The largest absolute Gasteiger partial charge is 0.192 e. The molecule has 0 amide bonds. The van der Waals surface area contributed by atoms with E-state index in [-0.39, 0.29) is 0 Å². The average Bonchev–Trinajstić information content (AvgIpc) is 2.77. The molecule has 0 aliphatic rings. The number of nitriles is 1. The molecule has 0 radical (unpaired) electrons. The molecule has 70 valence electrons. The maximum Gasteiger partial charge on any atom is 0.0998 e. The summed E-state index contributed by atoms with van der Waals surface area (Å²) < 4.78 is 1.21. The van der Waals surface area contributed by atoms with Crippen molar-refractivity contribution in [1.82, 2.24) is 0 Å². The fourth-order valence-corrected chi connectivity index (χ4v) is 2.84. The number of benzene rings is 2. The third-order valence-corrected chi connectivity index (χ3v) is 3.53. The monoisotopic (exact) mass is 209 g/mol. The van der Waals surface area contributed by atoms with E-state index in [0.717, 1.165) is 16.3 Å². The first kappa shape index (κ1) is 8.46. The van der Waals surface area contributed by atoms with Crippen LogP contribution >= 0.6 is 11.3 Å². The average molecular weight is 209 g/mol. The zero-order valence-electron chi connectivity index (χ0n) is 7.90. The number of fused-ring (bicyclic) bond motifs is 3. The molecule has 0 unspecified atom stereocenters. The second-order valence-electron chi connectivity index (χ2n) is 3.42. The summed E-state index contributed by atoms with van der Waals surface area (Å²) in [6.07, 6.45) is 0. The summed E-state index contributed by atoms with van der Waals surface area (Å²) in [7, 11) is 0. The van der Waals surface area contributed by atoms with E-state index < -0.39 is 0 Å². The van der Waals surface area contributed by atoms with Crippen molar-refractivity contribution < 1.29 is 0 Å².